The summed E-state index contributed by atoms with van der Waals surface area (Å²) in [5.74, 6) is -3.33. The molecule has 1 aliphatic heterocycles. The number of carbonyl (C=O) groups excluding carboxylic acids is 2. The van der Waals surface area contributed by atoms with Crippen molar-refractivity contribution in [3.8, 4) is 11.5 Å². The van der Waals surface area contributed by atoms with Crippen LogP contribution in [0.4, 0.5) is 32.0 Å². The lowest BCUT2D eigenvalue weighted by atomic mass is 9.81. The van der Waals surface area contributed by atoms with E-state index in [0.717, 1.165) is 24.3 Å². The van der Waals surface area contributed by atoms with Gasteiger partial charge in [-0.05, 0) is 79.4 Å². The minimum absolute atomic E-state index is 0.0166. The molecule has 0 bridgehead atoms. The molecule has 2 amide bonds. The molecule has 0 spiro atoms. The molecule has 1 fully saturated rings. The van der Waals surface area contributed by atoms with Gasteiger partial charge in [-0.1, -0.05) is 24.6 Å². The average molecular weight is 651 g/mol. The van der Waals surface area contributed by atoms with Crippen molar-refractivity contribution in [2.24, 2.45) is 5.92 Å². The lowest BCUT2D eigenvalue weighted by Crippen LogP contribution is -2.52. The number of alkyl halides is 6. The molecular weight excluding hydrogens is 622 g/mol. The number of hydrogen-bond donors (Lipinski definition) is 1. The summed E-state index contributed by atoms with van der Waals surface area (Å²) < 4.78 is 83.9. The first-order valence-corrected chi connectivity index (χ1v) is 14.4. The predicted molar refractivity (Wildman–Crippen MR) is 151 cm³/mol. The van der Waals surface area contributed by atoms with Crippen molar-refractivity contribution in [3.05, 3.63) is 89.5 Å². The Bertz CT molecular complexity index is 1580. The zero-order valence-corrected chi connectivity index (χ0v) is 24.1. The standard InChI is InChI=1S/C32H28F6N2O6/c33-31(34,35)45-21-14-10-19(11-15-21)29(43)39(18-4-9-27(41)42)28-23-5-1-2-7-25(23)40(26-8-3-6-24(26)28)30(44)20-12-16-22(17-13-20)46-32(36,37)38/h1-2,5,7,10-17,24,26,28H,3-4,6,8-9,18H2,(H,41,42)/t24-,26+,28-/m0/s1. The fraction of sp³-hybridized carbons (Fsp3) is 0.344. The predicted octanol–water partition coefficient (Wildman–Crippen LogP) is 7.36. The summed E-state index contributed by atoms with van der Waals surface area (Å²) in [7, 11) is 0. The molecule has 3 atom stereocenters. The normalized spacial score (nSPS) is 19.2. The van der Waals surface area contributed by atoms with E-state index < -0.39 is 54.1 Å². The Balaban J connectivity index is 1.51. The van der Waals surface area contributed by atoms with Crippen molar-refractivity contribution >= 4 is 23.5 Å². The number of benzene rings is 3. The number of nitrogens with zero attached hydrogens (tertiary/aromatic N) is 2. The number of hydrogen-bond acceptors (Lipinski definition) is 5. The zero-order chi connectivity index (χ0) is 33.2. The van der Waals surface area contributed by atoms with Crippen LogP contribution in [0.2, 0.25) is 0 Å². The summed E-state index contributed by atoms with van der Waals surface area (Å²) in [5, 5.41) is 9.28. The number of para-hydroxylation sites is 1. The third-order valence-corrected chi connectivity index (χ3v) is 8.06. The minimum Gasteiger partial charge on any atom is -0.481 e. The third-order valence-electron chi connectivity index (χ3n) is 8.06. The minimum atomic E-state index is -4.92. The van der Waals surface area contributed by atoms with E-state index in [9.17, 15) is 45.8 Å². The molecule has 1 heterocycles. The van der Waals surface area contributed by atoms with Crippen molar-refractivity contribution in [1.29, 1.82) is 0 Å². The van der Waals surface area contributed by atoms with Gasteiger partial charge in [0, 0.05) is 41.7 Å². The third kappa shape index (κ3) is 7.37. The molecule has 3 aromatic carbocycles. The summed E-state index contributed by atoms with van der Waals surface area (Å²) in [6.07, 6.45) is -8.08. The van der Waals surface area contributed by atoms with E-state index in [2.05, 4.69) is 9.47 Å². The smallest absolute Gasteiger partial charge is 0.481 e. The molecule has 5 rings (SSSR count). The Labute approximate surface area is 259 Å². The van der Waals surface area contributed by atoms with Gasteiger partial charge in [0.1, 0.15) is 11.5 Å². The monoisotopic (exact) mass is 650 g/mol. The van der Waals surface area contributed by atoms with Gasteiger partial charge in [0.2, 0.25) is 0 Å². The van der Waals surface area contributed by atoms with E-state index in [1.807, 2.05) is 0 Å². The van der Waals surface area contributed by atoms with Gasteiger partial charge in [-0.15, -0.1) is 26.3 Å². The number of carboxylic acids is 1. The van der Waals surface area contributed by atoms with E-state index in [1.54, 1.807) is 29.2 Å². The molecule has 8 nitrogen and oxygen atoms in total. The summed E-state index contributed by atoms with van der Waals surface area (Å²) in [5.41, 5.74) is 1.29. The van der Waals surface area contributed by atoms with Crippen LogP contribution >= 0.6 is 0 Å². The van der Waals surface area contributed by atoms with Gasteiger partial charge in [0.25, 0.3) is 11.8 Å². The highest BCUT2D eigenvalue weighted by molar-refractivity contribution is 6.07. The van der Waals surface area contributed by atoms with Gasteiger partial charge < -0.3 is 24.4 Å². The van der Waals surface area contributed by atoms with Crippen molar-refractivity contribution in [2.45, 2.75) is 56.9 Å². The van der Waals surface area contributed by atoms with Crippen LogP contribution in [0.25, 0.3) is 0 Å². The molecule has 0 radical (unpaired) electrons. The molecule has 3 aromatic rings. The topological polar surface area (TPSA) is 96.4 Å². The summed E-state index contributed by atoms with van der Waals surface area (Å²) in [6, 6.07) is 14.9. The average Bonchev–Trinajstić information content (AvgIpc) is 3.46. The number of fused-ring (bicyclic) bond motifs is 2. The molecule has 1 saturated carbocycles. The van der Waals surface area contributed by atoms with Gasteiger partial charge in [-0.3, -0.25) is 14.4 Å². The SMILES string of the molecule is O=C(O)CCCN(C(=O)c1ccc(OC(F)(F)F)cc1)[C@H]1c2ccccc2N(C(=O)c2ccc(OC(F)(F)F)cc2)[C@@H]2CCC[C@@H]21. The lowest BCUT2D eigenvalue weighted by Gasteiger charge is -2.47. The molecule has 0 unspecified atom stereocenters. The molecule has 46 heavy (non-hydrogen) atoms. The van der Waals surface area contributed by atoms with E-state index in [-0.39, 0.29) is 36.4 Å². The first kappa shape index (κ1) is 32.6. The summed E-state index contributed by atoms with van der Waals surface area (Å²) in [6.45, 7) is 0.0166. The summed E-state index contributed by atoms with van der Waals surface area (Å²) >= 11 is 0. The molecule has 0 saturated heterocycles. The molecular formula is C32H28F6N2O6. The molecule has 14 heteroatoms. The van der Waals surface area contributed by atoms with Crippen molar-refractivity contribution < 1.29 is 55.3 Å². The number of halogens is 6. The fourth-order valence-electron chi connectivity index (χ4n) is 6.35. The van der Waals surface area contributed by atoms with Crippen LogP contribution in [-0.2, 0) is 4.79 Å². The Kier molecular flexibility index (Phi) is 9.17. The van der Waals surface area contributed by atoms with Crippen LogP contribution in [0.3, 0.4) is 0 Å². The van der Waals surface area contributed by atoms with Crippen LogP contribution in [-0.4, -0.2) is 53.1 Å². The molecule has 244 valence electrons. The van der Waals surface area contributed by atoms with Gasteiger partial charge in [0.05, 0.1) is 6.04 Å². The highest BCUT2D eigenvalue weighted by Crippen LogP contribution is 2.51. The molecule has 0 aromatic heterocycles. The number of aliphatic carboxylic acids is 1. The fourth-order valence-corrected chi connectivity index (χ4v) is 6.35. The maximum Gasteiger partial charge on any atom is 0.573 e. The number of carbonyl (C=O) groups is 3. The number of anilines is 1. The van der Waals surface area contributed by atoms with Gasteiger partial charge >= 0.3 is 18.7 Å². The maximum absolute atomic E-state index is 14.0. The maximum atomic E-state index is 14.0. The quantitative estimate of drug-likeness (QED) is 0.243. The zero-order valence-electron chi connectivity index (χ0n) is 24.1. The second-order valence-electron chi connectivity index (χ2n) is 11.0. The van der Waals surface area contributed by atoms with Crippen LogP contribution in [0.15, 0.2) is 72.8 Å². The second-order valence-corrected chi connectivity index (χ2v) is 11.0. The first-order chi connectivity index (χ1) is 21.7. The van der Waals surface area contributed by atoms with E-state index in [0.29, 0.717) is 30.5 Å². The highest BCUT2D eigenvalue weighted by Gasteiger charge is 2.49. The van der Waals surface area contributed by atoms with E-state index in [1.165, 1.54) is 29.2 Å². The van der Waals surface area contributed by atoms with Gasteiger partial charge in [-0.2, -0.15) is 0 Å². The Hall–Kier alpha value is -4.75. The number of rotatable bonds is 9. The van der Waals surface area contributed by atoms with E-state index >= 15 is 0 Å². The molecule has 2 aliphatic rings. The van der Waals surface area contributed by atoms with Crippen molar-refractivity contribution in [1.82, 2.24) is 4.90 Å². The number of ether oxygens (including phenoxy) is 2. The first-order valence-electron chi connectivity index (χ1n) is 14.4. The molecule has 1 N–H and O–H groups in total. The van der Waals surface area contributed by atoms with Crippen LogP contribution in [0.1, 0.15) is 64.4 Å². The van der Waals surface area contributed by atoms with Crippen LogP contribution in [0.5, 0.6) is 11.5 Å². The van der Waals surface area contributed by atoms with Crippen molar-refractivity contribution in [2.75, 3.05) is 11.4 Å². The highest BCUT2D eigenvalue weighted by atomic mass is 19.4. The van der Waals surface area contributed by atoms with Crippen LogP contribution < -0.4 is 14.4 Å². The largest absolute Gasteiger partial charge is 0.573 e. The second kappa shape index (κ2) is 12.9. The summed E-state index contributed by atoms with van der Waals surface area (Å²) in [4.78, 5) is 42.4. The Morgan fingerprint density at radius 2 is 1.37 bits per heavy atom. The number of amides is 2. The van der Waals surface area contributed by atoms with Gasteiger partial charge in [0.15, 0.2) is 0 Å². The number of carboxylic acid groups (broad SMARTS) is 1. The van der Waals surface area contributed by atoms with Crippen LogP contribution in [0, 0.1) is 5.92 Å². The Morgan fingerprint density at radius 1 is 0.804 bits per heavy atom. The molecule has 1 aliphatic carbocycles. The Morgan fingerprint density at radius 3 is 1.93 bits per heavy atom. The van der Waals surface area contributed by atoms with Gasteiger partial charge in [-0.25, -0.2) is 0 Å². The van der Waals surface area contributed by atoms with Crippen molar-refractivity contribution in [3.63, 3.8) is 0 Å². The lowest BCUT2D eigenvalue weighted by molar-refractivity contribution is -0.275. The van der Waals surface area contributed by atoms with E-state index in [4.69, 9.17) is 0 Å².